The Morgan fingerprint density at radius 1 is 0.600 bits per heavy atom. The van der Waals surface area contributed by atoms with E-state index in [0.29, 0.717) is 0 Å². The summed E-state index contributed by atoms with van der Waals surface area (Å²) in [6, 6.07) is 0. The quantitative estimate of drug-likeness (QED) is 0.411. The van der Waals surface area contributed by atoms with E-state index in [2.05, 4.69) is 82.8 Å². The molecule has 0 bridgehead atoms. The van der Waals surface area contributed by atoms with Crippen LogP contribution in [0.5, 0.6) is 0 Å². The maximum Gasteiger partial charge on any atom is 0.0727 e. The lowest BCUT2D eigenvalue weighted by molar-refractivity contribution is 1.14. The van der Waals surface area contributed by atoms with Crippen molar-refractivity contribution < 1.29 is 0 Å². The third-order valence-corrected chi connectivity index (χ3v) is 16.3. The molecule has 0 spiro atoms. The second kappa shape index (κ2) is 6.90. The number of hydrogen-bond acceptors (Lipinski definition) is 0. The first kappa shape index (κ1) is 20.1. The molecule has 0 atom stereocenters. The van der Waals surface area contributed by atoms with E-state index in [4.69, 9.17) is 0 Å². The second-order valence-corrected chi connectivity index (χ2v) is 20.0. The molecule has 1 rings (SSSR count). The Hall–Kier alpha value is 0.0838. The van der Waals surface area contributed by atoms with Gasteiger partial charge in [0.2, 0.25) is 0 Å². The minimum Gasteiger partial charge on any atom is -0.132 e. The van der Waals surface area contributed by atoms with Crippen molar-refractivity contribution >= 4 is 29.6 Å². The summed E-state index contributed by atoms with van der Waals surface area (Å²) in [5.74, 6) is 1.47. The predicted molar refractivity (Wildman–Crippen MR) is 106 cm³/mol. The van der Waals surface area contributed by atoms with Gasteiger partial charge in [0, 0.05) is 5.92 Å². The normalized spacial score (nSPS) is 17.4. The van der Waals surface area contributed by atoms with Crippen molar-refractivity contribution in [2.45, 2.75) is 73.9 Å². The lowest BCUT2D eigenvalue weighted by Gasteiger charge is -2.29. The SMILES string of the molecule is C[C]1C(C)=C(C)C(C)=C1C.C[Si](C)(C)C(=P)[Si](C)(C)C. The molecule has 0 saturated carbocycles. The molecule has 1 aliphatic carbocycles. The highest BCUT2D eigenvalue weighted by Crippen LogP contribution is 2.37. The summed E-state index contributed by atoms with van der Waals surface area (Å²) >= 11 is 0. The van der Waals surface area contributed by atoms with Crippen molar-refractivity contribution in [3.05, 3.63) is 28.2 Å². The topological polar surface area (TPSA) is 0 Å². The van der Waals surface area contributed by atoms with Gasteiger partial charge in [-0.1, -0.05) is 61.9 Å². The van der Waals surface area contributed by atoms with Crippen LogP contribution in [-0.2, 0) is 0 Å². The molecule has 0 nitrogen and oxygen atoms in total. The molecule has 0 saturated heterocycles. The summed E-state index contributed by atoms with van der Waals surface area (Å²) in [5.41, 5.74) is 5.87. The van der Waals surface area contributed by atoms with E-state index in [-0.39, 0.29) is 0 Å². The maximum atomic E-state index is 3.81. The van der Waals surface area contributed by atoms with Crippen LogP contribution in [0.1, 0.15) is 34.6 Å². The van der Waals surface area contributed by atoms with Crippen molar-refractivity contribution in [3.8, 4) is 0 Å². The van der Waals surface area contributed by atoms with Crippen LogP contribution < -0.4 is 0 Å². The first-order valence-electron chi connectivity index (χ1n) is 7.50. The molecular weight excluding hydrogens is 291 g/mol. The maximum absolute atomic E-state index is 3.81. The van der Waals surface area contributed by atoms with Crippen LogP contribution in [0.4, 0.5) is 0 Å². The Labute approximate surface area is 132 Å². The van der Waals surface area contributed by atoms with E-state index >= 15 is 0 Å². The van der Waals surface area contributed by atoms with Crippen LogP contribution in [-0.4, -0.2) is 20.7 Å². The average Bonchev–Trinajstić information content (AvgIpc) is 2.45. The molecule has 0 aromatic rings. The number of hydrogen-bond donors (Lipinski definition) is 0. The van der Waals surface area contributed by atoms with E-state index in [1.807, 2.05) is 0 Å². The monoisotopic (exact) mass is 325 g/mol. The fourth-order valence-corrected chi connectivity index (χ4v) is 11.5. The Bertz CT molecular complexity index is 403. The molecule has 0 amide bonds. The average molecular weight is 326 g/mol. The smallest absolute Gasteiger partial charge is 0.0727 e. The third-order valence-electron chi connectivity index (χ3n) is 4.31. The van der Waals surface area contributed by atoms with Crippen molar-refractivity contribution in [2.24, 2.45) is 0 Å². The molecule has 0 heterocycles. The van der Waals surface area contributed by atoms with E-state index < -0.39 is 16.1 Å². The Morgan fingerprint density at radius 2 is 0.850 bits per heavy atom. The minimum absolute atomic E-state index is 1.00. The molecule has 0 aliphatic heterocycles. The van der Waals surface area contributed by atoms with E-state index in [9.17, 15) is 0 Å². The van der Waals surface area contributed by atoms with Gasteiger partial charge >= 0.3 is 0 Å². The molecule has 0 N–H and O–H groups in total. The molecule has 3 heteroatoms. The van der Waals surface area contributed by atoms with Gasteiger partial charge in [-0.25, -0.2) is 0 Å². The molecule has 0 aromatic carbocycles. The van der Waals surface area contributed by atoms with Crippen LogP contribution >= 0.6 is 8.86 Å². The summed E-state index contributed by atoms with van der Waals surface area (Å²) in [7, 11) is 1.80. The Kier molecular flexibility index (Phi) is 6.92. The first-order chi connectivity index (χ1) is 8.71. The van der Waals surface area contributed by atoms with Gasteiger partial charge in [-0.15, -0.1) is 8.86 Å². The molecule has 0 fully saturated rings. The summed E-state index contributed by atoms with van der Waals surface area (Å²) in [6.07, 6.45) is 0. The highest BCUT2D eigenvalue weighted by Gasteiger charge is 2.29. The van der Waals surface area contributed by atoms with Crippen LogP contribution in [0.15, 0.2) is 22.3 Å². The highest BCUT2D eigenvalue weighted by atomic mass is 31.0. The second-order valence-electron chi connectivity index (χ2n) is 8.00. The summed E-state index contributed by atoms with van der Waals surface area (Å²) in [6.45, 7) is 25.4. The number of rotatable bonds is 2. The van der Waals surface area contributed by atoms with Crippen molar-refractivity contribution in [1.82, 2.24) is 0 Å². The van der Waals surface area contributed by atoms with Gasteiger partial charge in [-0.3, -0.25) is 0 Å². The van der Waals surface area contributed by atoms with E-state index in [1.54, 1.807) is 4.54 Å². The fraction of sp³-hybridized carbons (Fsp3) is 0.647. The fourth-order valence-electron chi connectivity index (χ4n) is 2.53. The van der Waals surface area contributed by atoms with E-state index in [0.717, 1.165) is 0 Å². The summed E-state index contributed by atoms with van der Waals surface area (Å²) in [4.78, 5) is 0. The molecule has 0 unspecified atom stereocenters. The van der Waals surface area contributed by atoms with Gasteiger partial charge in [0.25, 0.3) is 0 Å². The molecule has 1 aliphatic rings. The molecular formula is C17H34PSi2. The molecule has 0 aromatic heterocycles. The van der Waals surface area contributed by atoms with Gasteiger partial charge in [-0.05, 0) is 38.8 Å². The molecule has 1 radical (unpaired) electrons. The Balaban J connectivity index is 0.000000361. The van der Waals surface area contributed by atoms with Crippen molar-refractivity contribution in [3.63, 3.8) is 0 Å². The van der Waals surface area contributed by atoms with Gasteiger partial charge in [-0.2, -0.15) is 0 Å². The lowest BCUT2D eigenvalue weighted by Crippen LogP contribution is -2.47. The number of allylic oxidation sites excluding steroid dienone is 4. The van der Waals surface area contributed by atoms with Crippen LogP contribution in [0, 0.1) is 5.92 Å². The van der Waals surface area contributed by atoms with Crippen LogP contribution in [0.25, 0.3) is 0 Å². The highest BCUT2D eigenvalue weighted by molar-refractivity contribution is 7.54. The Morgan fingerprint density at radius 3 is 0.900 bits per heavy atom. The van der Waals surface area contributed by atoms with Crippen LogP contribution in [0.3, 0.4) is 0 Å². The summed E-state index contributed by atoms with van der Waals surface area (Å²) < 4.78 is 1.65. The zero-order valence-electron chi connectivity index (χ0n) is 15.5. The standard InChI is InChI=1S/C10H15.C7H19PSi2/c1-6-7(2)9(4)10(5)8(6)3;1-9(2,3)7(8)10(4,5)6/h1-5H3;8H,1-6H3. The molecule has 115 valence electrons. The predicted octanol–water partition coefficient (Wildman–Crippen LogP) is 6.32. The first-order valence-corrected chi connectivity index (χ1v) is 15.0. The zero-order valence-corrected chi connectivity index (χ0v) is 18.5. The lowest BCUT2D eigenvalue weighted by atomic mass is 10.00. The van der Waals surface area contributed by atoms with E-state index in [1.165, 1.54) is 28.2 Å². The van der Waals surface area contributed by atoms with Crippen LogP contribution in [0.2, 0.25) is 39.3 Å². The zero-order chi connectivity index (χ0) is 16.5. The third kappa shape index (κ3) is 5.13. The van der Waals surface area contributed by atoms with Gasteiger partial charge < -0.3 is 0 Å². The van der Waals surface area contributed by atoms with Gasteiger partial charge in [0.15, 0.2) is 0 Å². The summed E-state index contributed by atoms with van der Waals surface area (Å²) in [5, 5.41) is 0. The van der Waals surface area contributed by atoms with Gasteiger partial charge in [0.05, 0.1) is 16.1 Å². The minimum atomic E-state index is -1.00. The van der Waals surface area contributed by atoms with Gasteiger partial charge in [0.1, 0.15) is 0 Å². The largest absolute Gasteiger partial charge is 0.132 e. The van der Waals surface area contributed by atoms with Crippen molar-refractivity contribution in [1.29, 1.82) is 0 Å². The van der Waals surface area contributed by atoms with Crippen molar-refractivity contribution in [2.75, 3.05) is 0 Å². The molecule has 20 heavy (non-hydrogen) atoms.